The predicted molar refractivity (Wildman–Crippen MR) is 47.4 cm³/mol. The van der Waals surface area contributed by atoms with Gasteiger partial charge >= 0.3 is 29.6 Å². The molecule has 0 heterocycles. The summed E-state index contributed by atoms with van der Waals surface area (Å²) in [5.41, 5.74) is 6.36. The Balaban J connectivity index is 0.00000144. The average molecular weight is 187 g/mol. The van der Waals surface area contributed by atoms with Gasteiger partial charge in [0.2, 0.25) is 0 Å². The summed E-state index contributed by atoms with van der Waals surface area (Å²) in [4.78, 5) is 0. The Kier molecular flexibility index (Phi) is 6.64. The molecule has 2 N–H and O–H groups in total. The van der Waals surface area contributed by atoms with Gasteiger partial charge in [0, 0.05) is 6.04 Å². The Morgan fingerprint density at radius 2 is 1.85 bits per heavy atom. The van der Waals surface area contributed by atoms with Crippen molar-refractivity contribution in [2.75, 3.05) is 0 Å². The number of hydrogen-bond donors (Lipinski definition) is 1. The summed E-state index contributed by atoms with van der Waals surface area (Å²) >= 11 is 0. The van der Waals surface area contributed by atoms with Gasteiger partial charge in [0.1, 0.15) is 0 Å². The number of hydrogen-bond acceptors (Lipinski definition) is 2. The quantitative estimate of drug-likeness (QED) is 0.547. The summed E-state index contributed by atoms with van der Waals surface area (Å²) < 4.78 is 0. The van der Waals surface area contributed by atoms with Crippen LogP contribution in [0.5, 0.6) is 0 Å². The minimum absolute atomic E-state index is 0. The van der Waals surface area contributed by atoms with E-state index in [9.17, 15) is 5.11 Å². The van der Waals surface area contributed by atoms with Crippen molar-refractivity contribution in [3.63, 3.8) is 0 Å². The Morgan fingerprint density at radius 3 is 2.31 bits per heavy atom. The van der Waals surface area contributed by atoms with Crippen LogP contribution in [-0.4, -0.2) is 6.04 Å². The Bertz CT molecular complexity index is 226. The van der Waals surface area contributed by atoms with Crippen molar-refractivity contribution in [3.8, 4) is 0 Å². The molecular weight excluding hydrogens is 173 g/mol. The van der Waals surface area contributed by atoms with Gasteiger partial charge in [-0.1, -0.05) is 48.9 Å². The smallest absolute Gasteiger partial charge is 0.848 e. The molecule has 0 unspecified atom stereocenters. The van der Waals surface area contributed by atoms with E-state index in [-0.39, 0.29) is 35.6 Å². The van der Waals surface area contributed by atoms with Crippen molar-refractivity contribution in [1.82, 2.24) is 0 Å². The molecule has 13 heavy (non-hydrogen) atoms. The Morgan fingerprint density at radius 1 is 1.31 bits per heavy atom. The van der Waals surface area contributed by atoms with E-state index in [1.807, 2.05) is 37.3 Å². The molecular formula is C10H14NNaO. The molecule has 66 valence electrons. The fourth-order valence-electron chi connectivity index (χ4n) is 1.14. The average Bonchev–Trinajstić information content (AvgIpc) is 2.05. The van der Waals surface area contributed by atoms with Crippen molar-refractivity contribution >= 4 is 0 Å². The molecule has 0 amide bonds. The monoisotopic (exact) mass is 187 g/mol. The third kappa shape index (κ3) is 4.79. The molecule has 0 fully saturated rings. The van der Waals surface area contributed by atoms with E-state index >= 15 is 0 Å². The Labute approximate surface area is 101 Å². The molecule has 0 saturated heterocycles. The van der Waals surface area contributed by atoms with Crippen molar-refractivity contribution in [1.29, 1.82) is 0 Å². The van der Waals surface area contributed by atoms with Crippen LogP contribution < -0.4 is 40.4 Å². The molecule has 0 saturated carbocycles. The first-order valence-corrected chi connectivity index (χ1v) is 4.16. The van der Waals surface area contributed by atoms with Gasteiger partial charge in [-0.05, 0) is 6.42 Å². The molecule has 0 bridgehead atoms. The van der Waals surface area contributed by atoms with Crippen molar-refractivity contribution in [2.24, 2.45) is 5.73 Å². The second-order valence-corrected chi connectivity index (χ2v) is 3.11. The molecule has 3 heteroatoms. The predicted octanol–water partition coefficient (Wildman–Crippen LogP) is -2.17. The molecule has 2 nitrogen and oxygen atoms in total. The second kappa shape index (κ2) is 6.57. The maximum atomic E-state index is 11.5. The van der Waals surface area contributed by atoms with Gasteiger partial charge in [-0.2, -0.15) is 0 Å². The van der Waals surface area contributed by atoms with Crippen molar-refractivity contribution < 1.29 is 34.7 Å². The first-order chi connectivity index (χ1) is 5.70. The van der Waals surface area contributed by atoms with Gasteiger partial charge in [-0.3, -0.25) is 0 Å². The molecule has 0 aromatic heterocycles. The van der Waals surface area contributed by atoms with E-state index in [0.717, 1.165) is 5.56 Å². The fourth-order valence-corrected chi connectivity index (χ4v) is 1.14. The summed E-state index contributed by atoms with van der Waals surface area (Å²) in [6.45, 7) is 1.86. The summed E-state index contributed by atoms with van der Waals surface area (Å²) in [5.74, 6) is 0. The van der Waals surface area contributed by atoms with E-state index in [1.165, 1.54) is 0 Å². The normalized spacial score (nSPS) is 14.4. The topological polar surface area (TPSA) is 49.1 Å². The van der Waals surface area contributed by atoms with E-state index in [0.29, 0.717) is 6.42 Å². The summed E-state index contributed by atoms with van der Waals surface area (Å²) in [6.07, 6.45) is -0.171. The van der Waals surface area contributed by atoms with Crippen LogP contribution in [0.25, 0.3) is 0 Å². The molecule has 0 aliphatic rings. The fraction of sp³-hybridized carbons (Fsp3) is 0.400. The summed E-state index contributed by atoms with van der Waals surface area (Å²) in [5, 5.41) is 11.5. The molecule has 0 spiro atoms. The van der Waals surface area contributed by atoms with Crippen LogP contribution in [0, 0.1) is 0 Å². The Hall–Kier alpha value is 0.140. The second-order valence-electron chi connectivity index (χ2n) is 3.11. The number of nitrogens with two attached hydrogens (primary N) is 1. The standard InChI is InChI=1S/C10H14NO.Na/c1-8(11)7-10(12)9-5-3-2-4-6-9;/h2-6,8,10H,7,11H2,1H3;/q-1;+1/t8-,10-;/m1./s1. The largest absolute Gasteiger partial charge is 1.00 e. The van der Waals surface area contributed by atoms with Crippen LogP contribution in [0.1, 0.15) is 25.0 Å². The zero-order chi connectivity index (χ0) is 8.97. The van der Waals surface area contributed by atoms with Gasteiger partial charge in [0.05, 0.1) is 0 Å². The van der Waals surface area contributed by atoms with Gasteiger partial charge in [-0.25, -0.2) is 0 Å². The molecule has 1 rings (SSSR count). The van der Waals surface area contributed by atoms with E-state index in [1.54, 1.807) is 0 Å². The molecule has 0 radical (unpaired) electrons. The molecule has 2 atom stereocenters. The van der Waals surface area contributed by atoms with Gasteiger partial charge in [0.15, 0.2) is 0 Å². The first kappa shape index (κ1) is 13.1. The molecule has 1 aromatic carbocycles. The molecule has 0 aliphatic heterocycles. The maximum Gasteiger partial charge on any atom is 1.00 e. The van der Waals surface area contributed by atoms with Crippen LogP contribution in [0.2, 0.25) is 0 Å². The van der Waals surface area contributed by atoms with Crippen molar-refractivity contribution in [3.05, 3.63) is 35.9 Å². The summed E-state index contributed by atoms with van der Waals surface area (Å²) in [6, 6.07) is 9.33. The van der Waals surface area contributed by atoms with Gasteiger partial charge in [0.25, 0.3) is 0 Å². The first-order valence-electron chi connectivity index (χ1n) is 4.16. The third-order valence-electron chi connectivity index (χ3n) is 1.76. The molecule has 0 aliphatic carbocycles. The van der Waals surface area contributed by atoms with Gasteiger partial charge in [-0.15, -0.1) is 0 Å². The van der Waals surface area contributed by atoms with Gasteiger partial charge < -0.3 is 10.8 Å². The van der Waals surface area contributed by atoms with Crippen LogP contribution in [0.3, 0.4) is 0 Å². The maximum absolute atomic E-state index is 11.5. The van der Waals surface area contributed by atoms with E-state index in [2.05, 4.69) is 0 Å². The van der Waals surface area contributed by atoms with Crippen LogP contribution in [0.15, 0.2) is 30.3 Å². The minimum atomic E-state index is -0.675. The van der Waals surface area contributed by atoms with E-state index < -0.39 is 6.10 Å². The summed E-state index contributed by atoms with van der Waals surface area (Å²) in [7, 11) is 0. The van der Waals surface area contributed by atoms with E-state index in [4.69, 9.17) is 5.73 Å². The zero-order valence-corrected chi connectivity index (χ0v) is 10.2. The molecule has 1 aromatic rings. The van der Waals surface area contributed by atoms with Crippen LogP contribution in [-0.2, 0) is 0 Å². The SMILES string of the molecule is C[C@@H](N)C[C@@H]([O-])c1ccccc1.[Na+]. The third-order valence-corrected chi connectivity index (χ3v) is 1.76. The van der Waals surface area contributed by atoms with Crippen molar-refractivity contribution in [2.45, 2.75) is 25.5 Å². The number of benzene rings is 1. The zero-order valence-electron chi connectivity index (χ0n) is 8.23. The minimum Gasteiger partial charge on any atom is -0.848 e. The van der Waals surface area contributed by atoms with Crippen LogP contribution in [0.4, 0.5) is 0 Å². The van der Waals surface area contributed by atoms with Crippen LogP contribution >= 0.6 is 0 Å². The number of rotatable bonds is 3.